The van der Waals surface area contributed by atoms with Crippen LogP contribution in [0.4, 0.5) is 5.69 Å². The molecule has 5 nitrogen and oxygen atoms in total. The lowest BCUT2D eigenvalue weighted by atomic mass is 9.90. The molecule has 0 unspecified atom stereocenters. The summed E-state index contributed by atoms with van der Waals surface area (Å²) in [5, 5.41) is 12.3. The number of benzene rings is 1. The summed E-state index contributed by atoms with van der Waals surface area (Å²) in [4.78, 5) is 0.289. The highest BCUT2D eigenvalue weighted by Crippen LogP contribution is 2.27. The second-order valence-corrected chi connectivity index (χ2v) is 8.07. The number of hydrogen-bond donors (Lipinski definition) is 3. The third-order valence-corrected chi connectivity index (χ3v) is 5.20. The lowest BCUT2D eigenvalue weighted by molar-refractivity contribution is 0.220. The lowest BCUT2D eigenvalue weighted by Crippen LogP contribution is -2.28. The minimum Gasteiger partial charge on any atom is -0.396 e. The molecule has 0 saturated heterocycles. The van der Waals surface area contributed by atoms with Crippen LogP contribution in [0.1, 0.15) is 33.1 Å². The first-order valence-electron chi connectivity index (χ1n) is 7.30. The van der Waals surface area contributed by atoms with E-state index in [1.54, 1.807) is 18.2 Å². The van der Waals surface area contributed by atoms with Crippen molar-refractivity contribution in [2.45, 2.75) is 44.0 Å². The molecule has 1 fully saturated rings. The zero-order valence-electron chi connectivity index (χ0n) is 12.6. The number of anilines is 1. The van der Waals surface area contributed by atoms with Crippen LogP contribution in [0.15, 0.2) is 29.2 Å². The van der Waals surface area contributed by atoms with E-state index in [0.29, 0.717) is 18.7 Å². The summed E-state index contributed by atoms with van der Waals surface area (Å²) in [5.74, 6) is 0. The second kappa shape index (κ2) is 6.34. The zero-order valence-corrected chi connectivity index (χ0v) is 13.4. The molecule has 0 spiro atoms. The minimum atomic E-state index is -3.47. The fourth-order valence-electron chi connectivity index (χ4n) is 2.06. The molecule has 1 aliphatic carbocycles. The molecular weight excluding hydrogens is 288 g/mol. The van der Waals surface area contributed by atoms with E-state index in [4.69, 9.17) is 5.11 Å². The van der Waals surface area contributed by atoms with Gasteiger partial charge in [0.05, 0.1) is 5.69 Å². The quantitative estimate of drug-likeness (QED) is 0.685. The van der Waals surface area contributed by atoms with Gasteiger partial charge in [0.1, 0.15) is 4.90 Å². The van der Waals surface area contributed by atoms with Crippen LogP contribution >= 0.6 is 0 Å². The molecule has 0 radical (unpaired) electrons. The molecule has 0 aliphatic heterocycles. The molecule has 0 aromatic heterocycles. The molecule has 118 valence electrons. The summed E-state index contributed by atoms with van der Waals surface area (Å²) in [6.07, 6.45) is 2.49. The van der Waals surface area contributed by atoms with E-state index in [0.717, 1.165) is 12.8 Å². The molecule has 3 N–H and O–H groups in total. The summed E-state index contributed by atoms with van der Waals surface area (Å²) in [6, 6.07) is 7.03. The number of sulfonamides is 1. The monoisotopic (exact) mass is 312 g/mol. The highest BCUT2D eigenvalue weighted by molar-refractivity contribution is 7.89. The second-order valence-electron chi connectivity index (χ2n) is 6.38. The first kappa shape index (κ1) is 16.3. The summed E-state index contributed by atoms with van der Waals surface area (Å²) < 4.78 is 27.4. The van der Waals surface area contributed by atoms with Crippen LogP contribution in [-0.4, -0.2) is 32.7 Å². The maximum atomic E-state index is 12.4. The normalized spacial score (nSPS) is 16.0. The van der Waals surface area contributed by atoms with Crippen molar-refractivity contribution in [2.24, 2.45) is 5.41 Å². The van der Waals surface area contributed by atoms with Gasteiger partial charge in [0.15, 0.2) is 0 Å². The lowest BCUT2D eigenvalue weighted by Gasteiger charge is -2.25. The maximum absolute atomic E-state index is 12.4. The van der Waals surface area contributed by atoms with Crippen molar-refractivity contribution >= 4 is 15.7 Å². The Kier molecular flexibility index (Phi) is 4.91. The highest BCUT2D eigenvalue weighted by Gasteiger charge is 2.29. The molecular formula is C15H24N2O3S. The molecule has 0 atom stereocenters. The van der Waals surface area contributed by atoms with Crippen LogP contribution < -0.4 is 10.0 Å². The standard InChI is InChI=1S/C15H24N2O3S/c1-15(2,9-10-18)11-16-13-5-3-4-6-14(13)21(19,20)17-12-7-8-12/h3-6,12,16-18H,7-11H2,1-2H3. The third kappa shape index (κ3) is 4.69. The van der Waals surface area contributed by atoms with Crippen LogP contribution in [0.25, 0.3) is 0 Å². The molecule has 2 rings (SSSR count). The van der Waals surface area contributed by atoms with Crippen molar-refractivity contribution in [1.82, 2.24) is 4.72 Å². The van der Waals surface area contributed by atoms with E-state index in [1.165, 1.54) is 0 Å². The van der Waals surface area contributed by atoms with Gasteiger partial charge in [-0.2, -0.15) is 0 Å². The Bertz CT molecular complexity index is 580. The topological polar surface area (TPSA) is 78.4 Å². The number of aliphatic hydroxyl groups is 1. The predicted molar refractivity (Wildman–Crippen MR) is 83.8 cm³/mol. The molecule has 0 amide bonds. The van der Waals surface area contributed by atoms with E-state index >= 15 is 0 Å². The Morgan fingerprint density at radius 1 is 1.29 bits per heavy atom. The van der Waals surface area contributed by atoms with Gasteiger partial charge in [0.2, 0.25) is 10.0 Å². The number of aliphatic hydroxyl groups excluding tert-OH is 1. The average Bonchev–Trinajstić information content (AvgIpc) is 3.20. The van der Waals surface area contributed by atoms with Gasteiger partial charge in [0, 0.05) is 19.2 Å². The van der Waals surface area contributed by atoms with Crippen molar-refractivity contribution in [1.29, 1.82) is 0 Å². The van der Waals surface area contributed by atoms with E-state index < -0.39 is 10.0 Å². The number of hydrogen-bond acceptors (Lipinski definition) is 4. The van der Waals surface area contributed by atoms with Gasteiger partial charge in [-0.1, -0.05) is 26.0 Å². The van der Waals surface area contributed by atoms with E-state index in [9.17, 15) is 8.42 Å². The van der Waals surface area contributed by atoms with Crippen molar-refractivity contribution in [3.63, 3.8) is 0 Å². The van der Waals surface area contributed by atoms with Crippen LogP contribution in [0.2, 0.25) is 0 Å². The summed E-state index contributed by atoms with van der Waals surface area (Å²) in [7, 11) is -3.47. The average molecular weight is 312 g/mol. The van der Waals surface area contributed by atoms with Gasteiger partial charge in [0.25, 0.3) is 0 Å². The fourth-order valence-corrected chi connectivity index (χ4v) is 3.55. The van der Waals surface area contributed by atoms with Crippen LogP contribution in [0.3, 0.4) is 0 Å². The number of para-hydroxylation sites is 1. The van der Waals surface area contributed by atoms with E-state index in [2.05, 4.69) is 10.0 Å². The van der Waals surface area contributed by atoms with Gasteiger partial charge >= 0.3 is 0 Å². The molecule has 1 aromatic rings. The minimum absolute atomic E-state index is 0.0916. The molecule has 21 heavy (non-hydrogen) atoms. The van der Waals surface area contributed by atoms with Gasteiger partial charge in [-0.05, 0) is 36.8 Å². The van der Waals surface area contributed by atoms with Crippen molar-refractivity contribution in [3.8, 4) is 0 Å². The van der Waals surface area contributed by atoms with Gasteiger partial charge in [-0.25, -0.2) is 13.1 Å². The number of rotatable bonds is 8. The smallest absolute Gasteiger partial charge is 0.242 e. The van der Waals surface area contributed by atoms with Gasteiger partial charge in [-0.15, -0.1) is 0 Å². The Balaban J connectivity index is 2.13. The Morgan fingerprint density at radius 2 is 1.95 bits per heavy atom. The van der Waals surface area contributed by atoms with Crippen molar-refractivity contribution < 1.29 is 13.5 Å². The Morgan fingerprint density at radius 3 is 2.57 bits per heavy atom. The highest BCUT2D eigenvalue weighted by atomic mass is 32.2. The van der Waals surface area contributed by atoms with Gasteiger partial charge < -0.3 is 10.4 Å². The zero-order chi connectivity index (χ0) is 15.5. The molecule has 1 saturated carbocycles. The molecule has 1 aliphatic rings. The van der Waals surface area contributed by atoms with Crippen molar-refractivity contribution in [2.75, 3.05) is 18.5 Å². The maximum Gasteiger partial charge on any atom is 0.242 e. The van der Waals surface area contributed by atoms with E-state index in [1.807, 2.05) is 19.9 Å². The Labute approximate surface area is 126 Å². The van der Waals surface area contributed by atoms with Gasteiger partial charge in [-0.3, -0.25) is 0 Å². The van der Waals surface area contributed by atoms with Crippen molar-refractivity contribution in [3.05, 3.63) is 24.3 Å². The summed E-state index contributed by atoms with van der Waals surface area (Å²) in [5.41, 5.74) is 0.506. The van der Waals surface area contributed by atoms with Crippen LogP contribution in [0, 0.1) is 5.41 Å². The SMILES string of the molecule is CC(C)(CCO)CNc1ccccc1S(=O)(=O)NC1CC1. The predicted octanol–water partition coefficient (Wildman–Crippen LogP) is 1.95. The first-order chi connectivity index (χ1) is 9.84. The number of nitrogens with one attached hydrogen (secondary N) is 2. The molecule has 0 heterocycles. The summed E-state index contributed by atoms with van der Waals surface area (Å²) >= 11 is 0. The molecule has 0 bridgehead atoms. The Hall–Kier alpha value is -1.11. The van der Waals surface area contributed by atoms with Crippen LogP contribution in [-0.2, 0) is 10.0 Å². The summed E-state index contributed by atoms with van der Waals surface area (Å²) in [6.45, 7) is 4.80. The molecule has 1 aromatic carbocycles. The van der Waals surface area contributed by atoms with E-state index in [-0.39, 0.29) is 23.0 Å². The fraction of sp³-hybridized carbons (Fsp3) is 0.600. The molecule has 6 heteroatoms. The largest absolute Gasteiger partial charge is 0.396 e. The third-order valence-electron chi connectivity index (χ3n) is 3.62. The first-order valence-corrected chi connectivity index (χ1v) is 8.78. The van der Waals surface area contributed by atoms with Crippen LogP contribution in [0.5, 0.6) is 0 Å².